The summed E-state index contributed by atoms with van der Waals surface area (Å²) >= 11 is 0. The maximum Gasteiger partial charge on any atom is 0.414 e. The van der Waals surface area contributed by atoms with Crippen LogP contribution in [0, 0.1) is 24.2 Å². The second kappa shape index (κ2) is 8.01. The Balaban J connectivity index is 1.30. The van der Waals surface area contributed by atoms with Crippen molar-refractivity contribution in [3.8, 4) is 11.1 Å². The van der Waals surface area contributed by atoms with Crippen LogP contribution in [-0.4, -0.2) is 56.6 Å². The van der Waals surface area contributed by atoms with Crippen LogP contribution in [0.25, 0.3) is 16.0 Å². The maximum absolute atomic E-state index is 15.0. The van der Waals surface area contributed by atoms with Crippen molar-refractivity contribution in [3.63, 3.8) is 0 Å². The molecule has 170 valence electrons. The number of hydrogen-bond donors (Lipinski definition) is 2. The molecule has 0 bridgehead atoms. The molecular formula is C23H22FN5O4. The van der Waals surface area contributed by atoms with E-state index in [-0.39, 0.29) is 24.9 Å². The van der Waals surface area contributed by atoms with Gasteiger partial charge in [-0.15, -0.1) is 0 Å². The zero-order chi connectivity index (χ0) is 23.2. The Hall–Kier alpha value is -3.71. The minimum atomic E-state index is -0.622. The van der Waals surface area contributed by atoms with E-state index in [0.717, 1.165) is 18.8 Å². The molecule has 5 rings (SSSR count). The first kappa shape index (κ1) is 21.2. The van der Waals surface area contributed by atoms with Gasteiger partial charge < -0.3 is 25.0 Å². The van der Waals surface area contributed by atoms with Crippen molar-refractivity contribution in [2.75, 3.05) is 38.2 Å². The van der Waals surface area contributed by atoms with Gasteiger partial charge in [0.25, 0.3) is 5.54 Å². The van der Waals surface area contributed by atoms with Gasteiger partial charge in [-0.1, -0.05) is 6.07 Å². The van der Waals surface area contributed by atoms with E-state index in [9.17, 15) is 14.0 Å². The van der Waals surface area contributed by atoms with Gasteiger partial charge in [0.15, 0.2) is 0 Å². The number of benzene rings is 1. The quantitative estimate of drug-likeness (QED) is 0.679. The van der Waals surface area contributed by atoms with Gasteiger partial charge in [0.1, 0.15) is 17.6 Å². The molecule has 0 spiro atoms. The lowest BCUT2D eigenvalue weighted by atomic mass is 10.0. The van der Waals surface area contributed by atoms with Gasteiger partial charge in [-0.25, -0.2) is 20.6 Å². The van der Waals surface area contributed by atoms with Crippen molar-refractivity contribution >= 4 is 17.9 Å². The SMILES string of the molecule is [C-]#[N+]C1(c2ccc(-c3ccc(N4C[C@H](CNC(=O)OC)OC4=O)cc3F)cn2)[C@@H]2CNC[C@@H]21. The van der Waals surface area contributed by atoms with Gasteiger partial charge in [0.2, 0.25) is 0 Å². The Labute approximate surface area is 189 Å². The highest BCUT2D eigenvalue weighted by atomic mass is 19.1. The summed E-state index contributed by atoms with van der Waals surface area (Å²) in [4.78, 5) is 33.1. The number of nitrogens with zero attached hydrogens (tertiary/aromatic N) is 3. The first-order valence-electron chi connectivity index (χ1n) is 10.6. The molecule has 1 aromatic heterocycles. The molecule has 0 radical (unpaired) electrons. The fraction of sp³-hybridized carbons (Fsp3) is 0.391. The zero-order valence-electron chi connectivity index (χ0n) is 17.9. The normalized spacial score (nSPS) is 27.5. The Morgan fingerprint density at radius 1 is 1.39 bits per heavy atom. The lowest BCUT2D eigenvalue weighted by Crippen LogP contribution is -2.34. The smallest absolute Gasteiger partial charge is 0.414 e. The second-order valence-electron chi connectivity index (χ2n) is 8.39. The highest BCUT2D eigenvalue weighted by molar-refractivity contribution is 5.90. The average Bonchev–Trinajstić information content (AvgIpc) is 3.13. The number of anilines is 1. The van der Waals surface area contributed by atoms with Gasteiger partial charge in [-0.05, 0) is 24.3 Å². The number of aromatic nitrogens is 1. The molecule has 3 aliphatic rings. The molecule has 1 unspecified atom stereocenters. The van der Waals surface area contributed by atoms with E-state index in [2.05, 4.69) is 25.2 Å². The van der Waals surface area contributed by atoms with Gasteiger partial charge in [0, 0.05) is 30.4 Å². The summed E-state index contributed by atoms with van der Waals surface area (Å²) < 4.78 is 24.7. The Kier molecular flexibility index (Phi) is 5.13. The molecule has 9 nitrogen and oxygen atoms in total. The predicted molar refractivity (Wildman–Crippen MR) is 116 cm³/mol. The number of methoxy groups -OCH3 is 1. The molecule has 2 amide bonds. The van der Waals surface area contributed by atoms with Crippen molar-refractivity contribution in [1.82, 2.24) is 15.6 Å². The van der Waals surface area contributed by atoms with Crippen LogP contribution in [0.1, 0.15) is 5.69 Å². The van der Waals surface area contributed by atoms with Crippen LogP contribution in [0.2, 0.25) is 0 Å². The lowest BCUT2D eigenvalue weighted by Gasteiger charge is -2.15. The van der Waals surface area contributed by atoms with E-state index in [1.165, 1.54) is 18.1 Å². The fourth-order valence-electron chi connectivity index (χ4n) is 4.92. The number of fused-ring (bicyclic) bond motifs is 1. The third kappa shape index (κ3) is 3.45. The number of ether oxygens (including phenoxy) is 2. The third-order valence-electron chi connectivity index (χ3n) is 6.70. The van der Waals surface area contributed by atoms with Gasteiger partial charge in [0.05, 0.1) is 37.7 Å². The van der Waals surface area contributed by atoms with Crippen molar-refractivity contribution in [2.45, 2.75) is 11.6 Å². The number of hydrogen-bond acceptors (Lipinski definition) is 6. The molecule has 2 saturated heterocycles. The van der Waals surface area contributed by atoms with Crippen molar-refractivity contribution < 1.29 is 23.5 Å². The number of carbonyl (C=O) groups is 2. The molecule has 2 aromatic rings. The van der Waals surface area contributed by atoms with Crippen LogP contribution in [-0.2, 0) is 15.0 Å². The number of nitrogens with one attached hydrogen (secondary N) is 2. The monoisotopic (exact) mass is 451 g/mol. The Bertz CT molecular complexity index is 1140. The molecule has 10 heteroatoms. The van der Waals surface area contributed by atoms with E-state index in [4.69, 9.17) is 11.3 Å². The summed E-state index contributed by atoms with van der Waals surface area (Å²) in [5.41, 5.74) is 1.49. The van der Waals surface area contributed by atoms with Crippen LogP contribution >= 0.6 is 0 Å². The topological polar surface area (TPSA) is 97.2 Å². The molecule has 1 saturated carbocycles. The first-order valence-corrected chi connectivity index (χ1v) is 10.6. The number of cyclic esters (lactones) is 1. The molecule has 1 aliphatic carbocycles. The number of carbonyl (C=O) groups excluding carboxylic acids is 2. The van der Waals surface area contributed by atoms with Gasteiger partial charge >= 0.3 is 12.2 Å². The van der Waals surface area contributed by atoms with Crippen molar-refractivity contribution in [1.29, 1.82) is 0 Å². The molecule has 1 aromatic carbocycles. The highest BCUT2D eigenvalue weighted by Crippen LogP contribution is 2.62. The summed E-state index contributed by atoms with van der Waals surface area (Å²) in [6, 6.07) is 8.11. The number of piperidine rings is 1. The fourth-order valence-corrected chi connectivity index (χ4v) is 4.92. The Morgan fingerprint density at radius 3 is 2.82 bits per heavy atom. The predicted octanol–water partition coefficient (Wildman–Crippen LogP) is 2.53. The number of amides is 2. The maximum atomic E-state index is 15.0. The third-order valence-corrected chi connectivity index (χ3v) is 6.70. The van der Waals surface area contributed by atoms with E-state index in [0.29, 0.717) is 16.8 Å². The summed E-state index contributed by atoms with van der Waals surface area (Å²) in [5.74, 6) is 0.0748. The average molecular weight is 451 g/mol. The highest BCUT2D eigenvalue weighted by Gasteiger charge is 2.76. The first-order chi connectivity index (χ1) is 16.0. The van der Waals surface area contributed by atoms with E-state index in [1.807, 2.05) is 6.07 Å². The molecule has 3 fully saturated rings. The number of pyridine rings is 1. The number of halogens is 1. The van der Waals surface area contributed by atoms with Crippen LogP contribution in [0.5, 0.6) is 0 Å². The van der Waals surface area contributed by atoms with E-state index in [1.54, 1.807) is 24.4 Å². The van der Waals surface area contributed by atoms with Crippen molar-refractivity contribution in [3.05, 3.63) is 59.5 Å². The molecule has 4 atom stereocenters. The molecule has 33 heavy (non-hydrogen) atoms. The molecule has 2 aliphatic heterocycles. The van der Waals surface area contributed by atoms with Crippen LogP contribution in [0.15, 0.2) is 36.5 Å². The number of rotatable bonds is 5. The molecule has 3 heterocycles. The van der Waals surface area contributed by atoms with Gasteiger partial charge in [-0.2, -0.15) is 0 Å². The van der Waals surface area contributed by atoms with Gasteiger partial charge in [-0.3, -0.25) is 9.88 Å². The minimum Gasteiger partial charge on any atom is -0.453 e. The molecule has 2 N–H and O–H groups in total. The summed E-state index contributed by atoms with van der Waals surface area (Å²) in [6.07, 6.45) is -0.203. The van der Waals surface area contributed by atoms with Crippen LogP contribution in [0.4, 0.5) is 19.7 Å². The summed E-state index contributed by atoms with van der Waals surface area (Å²) in [7, 11) is 1.24. The Morgan fingerprint density at radius 2 is 2.18 bits per heavy atom. The lowest BCUT2D eigenvalue weighted by molar-refractivity contribution is 0.132. The zero-order valence-corrected chi connectivity index (χ0v) is 17.9. The van der Waals surface area contributed by atoms with Crippen molar-refractivity contribution in [2.24, 2.45) is 11.8 Å². The minimum absolute atomic E-state index is 0.0946. The standard InChI is InChI=1S/C23H22FN5O4/c1-25-23(17-10-26-11-18(17)23)20-6-3-13(8-27-20)16-5-4-14(7-19(16)24)29-12-15(33-22(29)31)9-28-21(30)32-2/h3-8,15,17-18,26H,9-12H2,2H3,(H,28,30)/t15-,17-,18+,23?/m0/s1. The second-order valence-corrected chi connectivity index (χ2v) is 8.39. The molecular weight excluding hydrogens is 429 g/mol. The van der Waals surface area contributed by atoms with E-state index < -0.39 is 29.6 Å². The number of alkyl carbamates (subject to hydrolysis) is 1. The summed E-state index contributed by atoms with van der Waals surface area (Å²) in [6.45, 7) is 9.59. The van der Waals surface area contributed by atoms with E-state index >= 15 is 0 Å². The van der Waals surface area contributed by atoms with Crippen LogP contribution in [0.3, 0.4) is 0 Å². The van der Waals surface area contributed by atoms with Crippen LogP contribution < -0.4 is 15.5 Å². The summed E-state index contributed by atoms with van der Waals surface area (Å²) in [5, 5.41) is 5.77. The largest absolute Gasteiger partial charge is 0.453 e.